The minimum atomic E-state index is -0.416. The fourth-order valence-electron chi connectivity index (χ4n) is 2.47. The first-order valence-electron chi connectivity index (χ1n) is 8.16. The summed E-state index contributed by atoms with van der Waals surface area (Å²) in [5, 5.41) is 8.44. The van der Waals surface area contributed by atoms with Crippen LogP contribution in [0.15, 0.2) is 52.5 Å². The number of benzene rings is 1. The van der Waals surface area contributed by atoms with E-state index in [9.17, 15) is 9.59 Å². The van der Waals surface area contributed by atoms with Crippen molar-refractivity contribution in [3.05, 3.63) is 64.4 Å². The highest BCUT2D eigenvalue weighted by atomic mass is 32.1. The van der Waals surface area contributed by atoms with Gasteiger partial charge in [0.05, 0.1) is 29.6 Å². The summed E-state index contributed by atoms with van der Waals surface area (Å²) in [6, 6.07) is 10.9. The number of aryl methyl sites for hydroxylation is 1. The Morgan fingerprint density at radius 1 is 1.23 bits per heavy atom. The molecule has 2 heterocycles. The van der Waals surface area contributed by atoms with E-state index in [0.717, 1.165) is 21.8 Å². The van der Waals surface area contributed by atoms with Gasteiger partial charge in [0.2, 0.25) is 5.91 Å². The standard InChI is InChI=1S/C19H19N3O3S/c1-12(21-18(23)10-20-19(24)17-4-3-9-25-17)14-5-7-15(8-6-14)16-11-26-13(2)22-16/h3-9,11-12H,10H2,1-2H3,(H,20,24)(H,21,23)/t12-/m1/s1. The summed E-state index contributed by atoms with van der Waals surface area (Å²) in [5.41, 5.74) is 2.98. The second-order valence-corrected chi connectivity index (χ2v) is 6.89. The summed E-state index contributed by atoms with van der Waals surface area (Å²) in [6.07, 6.45) is 1.41. The number of hydrogen-bond acceptors (Lipinski definition) is 5. The van der Waals surface area contributed by atoms with E-state index in [0.29, 0.717) is 0 Å². The lowest BCUT2D eigenvalue weighted by molar-refractivity contribution is -0.120. The molecule has 2 N–H and O–H groups in total. The van der Waals surface area contributed by atoms with Gasteiger partial charge in [-0.1, -0.05) is 24.3 Å². The van der Waals surface area contributed by atoms with Crippen LogP contribution >= 0.6 is 11.3 Å². The Balaban J connectivity index is 1.53. The summed E-state index contributed by atoms with van der Waals surface area (Å²) in [4.78, 5) is 28.2. The molecule has 2 amide bonds. The van der Waals surface area contributed by atoms with Crippen molar-refractivity contribution in [1.29, 1.82) is 0 Å². The number of carbonyl (C=O) groups excluding carboxylic acids is 2. The van der Waals surface area contributed by atoms with Gasteiger partial charge in [0.1, 0.15) is 0 Å². The van der Waals surface area contributed by atoms with Gasteiger partial charge in [-0.05, 0) is 31.5 Å². The van der Waals surface area contributed by atoms with Crippen molar-refractivity contribution in [3.8, 4) is 11.3 Å². The largest absolute Gasteiger partial charge is 0.459 e. The summed E-state index contributed by atoms with van der Waals surface area (Å²) in [7, 11) is 0. The molecule has 0 fully saturated rings. The molecule has 134 valence electrons. The molecule has 3 rings (SSSR count). The van der Waals surface area contributed by atoms with E-state index < -0.39 is 5.91 Å². The number of hydrogen-bond donors (Lipinski definition) is 2. The molecule has 7 heteroatoms. The van der Waals surface area contributed by atoms with Crippen LogP contribution in [0, 0.1) is 6.92 Å². The van der Waals surface area contributed by atoms with E-state index >= 15 is 0 Å². The van der Waals surface area contributed by atoms with Crippen LogP contribution < -0.4 is 10.6 Å². The molecule has 0 saturated heterocycles. The minimum absolute atomic E-state index is 0.111. The Morgan fingerprint density at radius 3 is 2.62 bits per heavy atom. The van der Waals surface area contributed by atoms with Crippen molar-refractivity contribution < 1.29 is 14.0 Å². The molecule has 0 aliphatic heterocycles. The second kappa shape index (κ2) is 7.97. The van der Waals surface area contributed by atoms with Gasteiger partial charge in [-0.2, -0.15) is 0 Å². The molecule has 6 nitrogen and oxygen atoms in total. The number of thiazole rings is 1. The average Bonchev–Trinajstić information content (AvgIpc) is 3.31. The first-order valence-corrected chi connectivity index (χ1v) is 9.04. The third kappa shape index (κ3) is 4.37. The van der Waals surface area contributed by atoms with Gasteiger partial charge in [0, 0.05) is 10.9 Å². The Labute approximate surface area is 155 Å². The topological polar surface area (TPSA) is 84.2 Å². The van der Waals surface area contributed by atoms with Gasteiger partial charge in [-0.25, -0.2) is 4.98 Å². The molecule has 2 aromatic heterocycles. The van der Waals surface area contributed by atoms with Gasteiger partial charge >= 0.3 is 0 Å². The van der Waals surface area contributed by atoms with Crippen LogP contribution in [-0.2, 0) is 4.79 Å². The summed E-state index contributed by atoms with van der Waals surface area (Å²) >= 11 is 1.62. The molecule has 3 aromatic rings. The van der Waals surface area contributed by atoms with Crippen LogP contribution in [0.3, 0.4) is 0 Å². The molecule has 0 aliphatic rings. The molecule has 0 saturated carbocycles. The van der Waals surface area contributed by atoms with Crippen molar-refractivity contribution in [2.45, 2.75) is 19.9 Å². The number of aromatic nitrogens is 1. The molecule has 26 heavy (non-hydrogen) atoms. The Bertz CT molecular complexity index is 885. The van der Waals surface area contributed by atoms with Crippen LogP contribution in [-0.4, -0.2) is 23.3 Å². The maximum absolute atomic E-state index is 12.0. The lowest BCUT2D eigenvalue weighted by Gasteiger charge is -2.15. The molecule has 0 aliphatic carbocycles. The molecule has 0 bridgehead atoms. The Hall–Kier alpha value is -2.93. The zero-order valence-electron chi connectivity index (χ0n) is 14.5. The maximum Gasteiger partial charge on any atom is 0.287 e. The minimum Gasteiger partial charge on any atom is -0.459 e. The summed E-state index contributed by atoms with van der Waals surface area (Å²) in [6.45, 7) is 3.76. The highest BCUT2D eigenvalue weighted by Gasteiger charge is 2.13. The van der Waals surface area contributed by atoms with Crippen molar-refractivity contribution in [2.24, 2.45) is 0 Å². The highest BCUT2D eigenvalue weighted by Crippen LogP contribution is 2.23. The number of nitrogens with one attached hydrogen (secondary N) is 2. The Morgan fingerprint density at radius 2 is 2.00 bits per heavy atom. The lowest BCUT2D eigenvalue weighted by atomic mass is 10.0. The van der Waals surface area contributed by atoms with E-state index in [1.165, 1.54) is 6.26 Å². The van der Waals surface area contributed by atoms with E-state index in [-0.39, 0.29) is 24.3 Å². The van der Waals surface area contributed by atoms with Gasteiger partial charge in [0.25, 0.3) is 5.91 Å². The predicted octanol–water partition coefficient (Wildman–Crippen LogP) is 3.32. The van der Waals surface area contributed by atoms with Crippen LogP contribution in [0.1, 0.15) is 34.1 Å². The third-order valence-corrected chi connectivity index (χ3v) is 4.63. The van der Waals surface area contributed by atoms with Gasteiger partial charge in [-0.3, -0.25) is 9.59 Å². The third-order valence-electron chi connectivity index (χ3n) is 3.86. The number of rotatable bonds is 6. The highest BCUT2D eigenvalue weighted by molar-refractivity contribution is 7.09. The lowest BCUT2D eigenvalue weighted by Crippen LogP contribution is -2.37. The zero-order chi connectivity index (χ0) is 18.5. The Kier molecular flexibility index (Phi) is 5.48. The molecule has 1 atom stereocenters. The van der Waals surface area contributed by atoms with Crippen molar-refractivity contribution in [2.75, 3.05) is 6.54 Å². The maximum atomic E-state index is 12.0. The average molecular weight is 369 g/mol. The van der Waals surface area contributed by atoms with E-state index in [1.54, 1.807) is 23.5 Å². The van der Waals surface area contributed by atoms with Crippen LogP contribution in [0.5, 0.6) is 0 Å². The predicted molar refractivity (Wildman–Crippen MR) is 99.9 cm³/mol. The fourth-order valence-corrected chi connectivity index (χ4v) is 3.09. The quantitative estimate of drug-likeness (QED) is 0.698. The molecular formula is C19H19N3O3S. The second-order valence-electron chi connectivity index (χ2n) is 5.82. The van der Waals surface area contributed by atoms with Gasteiger partial charge in [-0.15, -0.1) is 11.3 Å². The van der Waals surface area contributed by atoms with Crippen molar-refractivity contribution in [3.63, 3.8) is 0 Å². The van der Waals surface area contributed by atoms with Crippen molar-refractivity contribution >= 4 is 23.2 Å². The summed E-state index contributed by atoms with van der Waals surface area (Å²) < 4.78 is 4.98. The molecule has 0 spiro atoms. The monoisotopic (exact) mass is 369 g/mol. The van der Waals surface area contributed by atoms with Crippen molar-refractivity contribution in [1.82, 2.24) is 15.6 Å². The summed E-state index contributed by atoms with van der Waals surface area (Å²) in [5.74, 6) is -0.504. The SMILES string of the molecule is Cc1nc(-c2ccc([C@@H](C)NC(=O)CNC(=O)c3ccco3)cc2)cs1. The van der Waals surface area contributed by atoms with Crippen LogP contribution in [0.4, 0.5) is 0 Å². The number of carbonyl (C=O) groups is 2. The van der Waals surface area contributed by atoms with Gasteiger partial charge < -0.3 is 15.1 Å². The van der Waals surface area contributed by atoms with Crippen LogP contribution in [0.25, 0.3) is 11.3 Å². The first-order chi connectivity index (χ1) is 12.5. The van der Waals surface area contributed by atoms with Gasteiger partial charge in [0.15, 0.2) is 5.76 Å². The number of amides is 2. The molecule has 0 unspecified atom stereocenters. The number of nitrogens with zero attached hydrogens (tertiary/aromatic N) is 1. The normalized spacial score (nSPS) is 11.8. The molecular weight excluding hydrogens is 350 g/mol. The van der Waals surface area contributed by atoms with E-state index in [4.69, 9.17) is 4.42 Å². The molecule has 0 radical (unpaired) electrons. The smallest absolute Gasteiger partial charge is 0.287 e. The fraction of sp³-hybridized carbons (Fsp3) is 0.211. The first kappa shape index (κ1) is 17.9. The van der Waals surface area contributed by atoms with E-state index in [2.05, 4.69) is 15.6 Å². The zero-order valence-corrected chi connectivity index (χ0v) is 15.3. The molecule has 1 aromatic carbocycles. The van der Waals surface area contributed by atoms with Crippen LogP contribution in [0.2, 0.25) is 0 Å². The number of furan rings is 1. The van der Waals surface area contributed by atoms with E-state index in [1.807, 2.05) is 43.5 Å².